The number of hydrogen-bond donors (Lipinski definition) is 4. The summed E-state index contributed by atoms with van der Waals surface area (Å²) in [7, 11) is 0. The van der Waals surface area contributed by atoms with Gasteiger partial charge in [-0.05, 0) is 12.8 Å². The van der Waals surface area contributed by atoms with E-state index in [9.17, 15) is 19.2 Å². The van der Waals surface area contributed by atoms with Crippen LogP contribution in [-0.4, -0.2) is 47.1 Å². The molecule has 0 atom stereocenters. The Morgan fingerprint density at radius 3 is 1.31 bits per heavy atom. The van der Waals surface area contributed by atoms with Crippen LogP contribution in [0.5, 0.6) is 0 Å². The van der Waals surface area contributed by atoms with Gasteiger partial charge in [-0.25, -0.2) is 9.59 Å². The van der Waals surface area contributed by atoms with Gasteiger partial charge in [0.25, 0.3) is 0 Å². The van der Waals surface area contributed by atoms with Crippen LogP contribution in [0.3, 0.4) is 0 Å². The number of carbonyl (C=O) groups excluding carboxylic acids is 2. The summed E-state index contributed by atoms with van der Waals surface area (Å²) in [6.45, 7) is 0.322. The molecule has 0 heterocycles. The lowest BCUT2D eigenvalue weighted by atomic mass is 10.3. The molecule has 0 unspecified atom stereocenters. The molecular formula is C8H12N2O6. The van der Waals surface area contributed by atoms with Crippen molar-refractivity contribution in [2.75, 3.05) is 13.1 Å². The second-order valence-electron chi connectivity index (χ2n) is 2.83. The molecule has 0 fully saturated rings. The molecule has 0 spiro atoms. The summed E-state index contributed by atoms with van der Waals surface area (Å²) in [4.78, 5) is 41.1. The van der Waals surface area contributed by atoms with Gasteiger partial charge in [0.1, 0.15) is 0 Å². The van der Waals surface area contributed by atoms with E-state index in [0.717, 1.165) is 0 Å². The molecule has 0 aromatic rings. The summed E-state index contributed by atoms with van der Waals surface area (Å²) < 4.78 is 0. The maximum absolute atomic E-state index is 10.5. The minimum atomic E-state index is -1.56. The lowest BCUT2D eigenvalue weighted by molar-refractivity contribution is -0.150. The van der Waals surface area contributed by atoms with Crippen LogP contribution in [0.2, 0.25) is 0 Å². The molecule has 8 nitrogen and oxygen atoms in total. The van der Waals surface area contributed by atoms with Crippen LogP contribution >= 0.6 is 0 Å². The van der Waals surface area contributed by atoms with Crippen molar-refractivity contribution in [2.24, 2.45) is 0 Å². The summed E-state index contributed by atoms with van der Waals surface area (Å²) in [6, 6.07) is 0. The first kappa shape index (κ1) is 13.9. The highest BCUT2D eigenvalue weighted by Gasteiger charge is 2.10. The maximum Gasteiger partial charge on any atom is 0.394 e. The van der Waals surface area contributed by atoms with Gasteiger partial charge >= 0.3 is 23.8 Å². The summed E-state index contributed by atoms with van der Waals surface area (Å²) in [6.07, 6.45) is 0.887. The zero-order valence-corrected chi connectivity index (χ0v) is 8.36. The average Bonchev–Trinajstić information content (AvgIpc) is 2.21. The van der Waals surface area contributed by atoms with E-state index in [1.54, 1.807) is 0 Å². The smallest absolute Gasteiger partial charge is 0.394 e. The number of rotatable bonds is 5. The number of carbonyl (C=O) groups is 4. The van der Waals surface area contributed by atoms with Gasteiger partial charge < -0.3 is 20.8 Å². The molecule has 0 radical (unpaired) electrons. The Morgan fingerprint density at radius 1 is 0.750 bits per heavy atom. The molecule has 0 aliphatic carbocycles. The molecule has 0 bridgehead atoms. The Labute approximate surface area is 90.6 Å². The molecule has 4 N–H and O–H groups in total. The van der Waals surface area contributed by atoms with Crippen molar-refractivity contribution < 1.29 is 29.4 Å². The number of carboxylic acids is 2. The van der Waals surface area contributed by atoms with Crippen molar-refractivity contribution in [3.05, 3.63) is 0 Å². The number of aliphatic carboxylic acids is 2. The van der Waals surface area contributed by atoms with Gasteiger partial charge in [0.2, 0.25) is 0 Å². The van der Waals surface area contributed by atoms with Crippen LogP contribution in [0.15, 0.2) is 0 Å². The number of hydrogen-bond acceptors (Lipinski definition) is 4. The van der Waals surface area contributed by atoms with Gasteiger partial charge in [-0.1, -0.05) is 0 Å². The quantitative estimate of drug-likeness (QED) is 0.325. The minimum Gasteiger partial charge on any atom is -0.474 e. The molecule has 0 saturated heterocycles. The second kappa shape index (κ2) is 7.21. The predicted molar refractivity (Wildman–Crippen MR) is 50.5 cm³/mol. The Hall–Kier alpha value is -2.12. The van der Waals surface area contributed by atoms with Crippen molar-refractivity contribution in [3.63, 3.8) is 0 Å². The number of nitrogens with one attached hydrogen (secondary N) is 2. The van der Waals surface area contributed by atoms with Crippen molar-refractivity contribution in [1.82, 2.24) is 10.6 Å². The van der Waals surface area contributed by atoms with E-state index in [-0.39, 0.29) is 13.1 Å². The summed E-state index contributed by atoms with van der Waals surface area (Å²) in [5, 5.41) is 20.6. The highest BCUT2D eigenvalue weighted by molar-refractivity contribution is 6.31. The molecule has 2 amide bonds. The monoisotopic (exact) mass is 232 g/mol. The standard InChI is InChI=1S/C8H12N2O6/c11-5(7(13)14)9-3-1-2-4-10-6(12)8(15)16/h1-4H2,(H,9,11)(H,10,12)(H,13,14)(H,15,16). The van der Waals surface area contributed by atoms with E-state index in [2.05, 4.69) is 10.6 Å². The molecule has 90 valence electrons. The topological polar surface area (TPSA) is 133 Å². The first-order chi connectivity index (χ1) is 7.45. The van der Waals surface area contributed by atoms with Gasteiger partial charge in [0.15, 0.2) is 0 Å². The highest BCUT2D eigenvalue weighted by Crippen LogP contribution is 1.84. The second-order valence-corrected chi connectivity index (χ2v) is 2.83. The number of carboxylic acid groups (broad SMARTS) is 2. The molecule has 0 aromatic heterocycles. The van der Waals surface area contributed by atoms with Crippen LogP contribution in [0.4, 0.5) is 0 Å². The van der Waals surface area contributed by atoms with E-state index in [4.69, 9.17) is 10.2 Å². The molecule has 0 aliphatic heterocycles. The average molecular weight is 232 g/mol. The fourth-order valence-electron chi connectivity index (χ4n) is 0.805. The number of amides is 2. The highest BCUT2D eigenvalue weighted by atomic mass is 16.4. The SMILES string of the molecule is O=C(O)C(=O)NCCCCNC(=O)C(=O)O. The van der Waals surface area contributed by atoms with Gasteiger partial charge in [-0.15, -0.1) is 0 Å². The first-order valence-electron chi connectivity index (χ1n) is 4.47. The molecule has 0 rings (SSSR count). The zero-order chi connectivity index (χ0) is 12.6. The fraction of sp³-hybridized carbons (Fsp3) is 0.500. The fourth-order valence-corrected chi connectivity index (χ4v) is 0.805. The lowest BCUT2D eigenvalue weighted by Gasteiger charge is -2.02. The van der Waals surface area contributed by atoms with Crippen LogP contribution < -0.4 is 10.6 Å². The van der Waals surface area contributed by atoms with Gasteiger partial charge in [-0.2, -0.15) is 0 Å². The van der Waals surface area contributed by atoms with E-state index in [0.29, 0.717) is 12.8 Å². The third-order valence-corrected chi connectivity index (χ3v) is 1.56. The van der Waals surface area contributed by atoms with Crippen LogP contribution in [0.1, 0.15) is 12.8 Å². The van der Waals surface area contributed by atoms with Crippen LogP contribution in [-0.2, 0) is 19.2 Å². The van der Waals surface area contributed by atoms with Gasteiger partial charge in [-0.3, -0.25) is 9.59 Å². The normalized spacial score (nSPS) is 9.25. The largest absolute Gasteiger partial charge is 0.474 e. The van der Waals surface area contributed by atoms with Crippen LogP contribution in [0.25, 0.3) is 0 Å². The van der Waals surface area contributed by atoms with E-state index in [1.807, 2.05) is 0 Å². The number of unbranched alkanes of at least 4 members (excludes halogenated alkanes) is 1. The Morgan fingerprint density at radius 2 is 1.06 bits per heavy atom. The lowest BCUT2D eigenvalue weighted by Crippen LogP contribution is -2.33. The minimum absolute atomic E-state index is 0.161. The Balaban J connectivity index is 3.41. The molecule has 0 saturated carbocycles. The predicted octanol–water partition coefficient (Wildman–Crippen LogP) is -1.83. The Kier molecular flexibility index (Phi) is 6.25. The third kappa shape index (κ3) is 6.35. The third-order valence-electron chi connectivity index (χ3n) is 1.56. The van der Waals surface area contributed by atoms with Crippen LogP contribution in [0, 0.1) is 0 Å². The Bertz CT molecular complexity index is 271. The molecular weight excluding hydrogens is 220 g/mol. The summed E-state index contributed by atoms with van der Waals surface area (Å²) >= 11 is 0. The van der Waals surface area contributed by atoms with Gasteiger partial charge in [0, 0.05) is 13.1 Å². The first-order valence-corrected chi connectivity index (χ1v) is 4.47. The maximum atomic E-state index is 10.5. The van der Waals surface area contributed by atoms with E-state index in [1.165, 1.54) is 0 Å². The van der Waals surface area contributed by atoms with E-state index >= 15 is 0 Å². The van der Waals surface area contributed by atoms with Crippen molar-refractivity contribution in [1.29, 1.82) is 0 Å². The van der Waals surface area contributed by atoms with Crippen molar-refractivity contribution >= 4 is 23.8 Å². The molecule has 8 heteroatoms. The van der Waals surface area contributed by atoms with Crippen molar-refractivity contribution in [2.45, 2.75) is 12.8 Å². The summed E-state index contributed by atoms with van der Waals surface area (Å²) in [5.41, 5.74) is 0. The zero-order valence-electron chi connectivity index (χ0n) is 8.36. The van der Waals surface area contributed by atoms with Gasteiger partial charge in [0.05, 0.1) is 0 Å². The molecule has 16 heavy (non-hydrogen) atoms. The molecule has 0 aliphatic rings. The molecule has 0 aromatic carbocycles. The summed E-state index contributed by atoms with van der Waals surface area (Å²) in [5.74, 6) is -5.29. The van der Waals surface area contributed by atoms with Crippen molar-refractivity contribution in [3.8, 4) is 0 Å². The van der Waals surface area contributed by atoms with E-state index < -0.39 is 23.8 Å².